The maximum absolute atomic E-state index is 12.2. The minimum absolute atomic E-state index is 0.0516. The smallest absolute Gasteiger partial charge is 0.179 e. The Bertz CT molecular complexity index is 703. The lowest BCUT2D eigenvalue weighted by molar-refractivity contribution is 0.597. The monoisotopic (exact) mass is 342 g/mol. The van der Waals surface area contributed by atoms with Crippen LogP contribution >= 0.6 is 23.4 Å². The van der Waals surface area contributed by atoms with E-state index in [9.17, 15) is 8.42 Å². The van der Waals surface area contributed by atoms with Crippen LogP contribution in [0.4, 0.5) is 0 Å². The zero-order chi connectivity index (χ0) is 15.3. The first-order valence-electron chi connectivity index (χ1n) is 6.27. The van der Waals surface area contributed by atoms with Gasteiger partial charge in [0.2, 0.25) is 0 Å². The molecule has 2 rings (SSSR count). The van der Waals surface area contributed by atoms with Gasteiger partial charge in [0, 0.05) is 18.5 Å². The Kier molecular flexibility index (Phi) is 5.64. The number of pyridine rings is 1. The molecule has 0 aliphatic carbocycles. The first-order chi connectivity index (χ1) is 10.0. The van der Waals surface area contributed by atoms with Crippen molar-refractivity contribution in [2.24, 2.45) is 5.73 Å². The summed E-state index contributed by atoms with van der Waals surface area (Å²) in [4.78, 5) is 4.43. The summed E-state index contributed by atoms with van der Waals surface area (Å²) in [5.74, 6) is 0.486. The molecule has 0 fully saturated rings. The number of rotatable bonds is 6. The predicted octanol–water partition coefficient (Wildman–Crippen LogP) is 2.76. The molecule has 0 atom stereocenters. The van der Waals surface area contributed by atoms with Crippen LogP contribution in [0.25, 0.3) is 0 Å². The molecule has 1 aromatic heterocycles. The van der Waals surface area contributed by atoms with Crippen molar-refractivity contribution in [2.75, 3.05) is 11.5 Å². The summed E-state index contributed by atoms with van der Waals surface area (Å²) in [5, 5.41) is 1.32. The fourth-order valence-corrected chi connectivity index (χ4v) is 4.36. The average molecular weight is 343 g/mol. The maximum Gasteiger partial charge on any atom is 0.179 e. The van der Waals surface area contributed by atoms with E-state index < -0.39 is 9.84 Å². The molecule has 0 saturated carbocycles. The van der Waals surface area contributed by atoms with Crippen LogP contribution in [0.2, 0.25) is 5.02 Å². The van der Waals surface area contributed by atoms with Crippen LogP contribution in [0.5, 0.6) is 0 Å². The Hall–Kier alpha value is -1.08. The van der Waals surface area contributed by atoms with Gasteiger partial charge in [0.1, 0.15) is 0 Å². The molecule has 1 heterocycles. The lowest BCUT2D eigenvalue weighted by Crippen LogP contribution is -2.10. The van der Waals surface area contributed by atoms with Gasteiger partial charge in [-0.2, -0.15) is 0 Å². The number of halogens is 1. The van der Waals surface area contributed by atoms with Gasteiger partial charge in [0.25, 0.3) is 0 Å². The summed E-state index contributed by atoms with van der Waals surface area (Å²) in [5.41, 5.74) is 6.34. The molecule has 0 bridgehead atoms. The summed E-state index contributed by atoms with van der Waals surface area (Å²) in [7, 11) is -3.30. The molecule has 0 unspecified atom stereocenters. The molecule has 2 aromatic rings. The van der Waals surface area contributed by atoms with E-state index in [1.807, 2.05) is 6.07 Å². The molecule has 0 aliphatic rings. The quantitative estimate of drug-likeness (QED) is 0.817. The van der Waals surface area contributed by atoms with Gasteiger partial charge in [-0.3, -0.25) is 0 Å². The van der Waals surface area contributed by atoms with Gasteiger partial charge in [-0.05, 0) is 29.8 Å². The van der Waals surface area contributed by atoms with Gasteiger partial charge in [-0.15, -0.1) is 11.8 Å². The molecule has 0 spiro atoms. The summed E-state index contributed by atoms with van der Waals surface area (Å²) in [6.45, 7) is 0.326. The third kappa shape index (κ3) is 4.71. The van der Waals surface area contributed by atoms with Crippen molar-refractivity contribution in [1.82, 2.24) is 4.98 Å². The van der Waals surface area contributed by atoms with E-state index in [0.29, 0.717) is 22.2 Å². The Labute approximate surface area is 133 Å². The molecule has 4 nitrogen and oxygen atoms in total. The largest absolute Gasteiger partial charge is 0.326 e. The van der Waals surface area contributed by atoms with Gasteiger partial charge < -0.3 is 5.73 Å². The predicted molar refractivity (Wildman–Crippen MR) is 86.4 cm³/mol. The second kappa shape index (κ2) is 7.26. The topological polar surface area (TPSA) is 73.1 Å². The molecule has 0 saturated heterocycles. The second-order valence-electron chi connectivity index (χ2n) is 4.33. The highest BCUT2D eigenvalue weighted by Crippen LogP contribution is 2.20. The van der Waals surface area contributed by atoms with Gasteiger partial charge >= 0.3 is 0 Å². The third-order valence-corrected chi connectivity index (χ3v) is 5.94. The zero-order valence-corrected chi connectivity index (χ0v) is 13.6. The summed E-state index contributed by atoms with van der Waals surface area (Å²) >= 11 is 7.14. The van der Waals surface area contributed by atoms with E-state index in [1.165, 1.54) is 11.8 Å². The molecule has 0 aliphatic heterocycles. The van der Waals surface area contributed by atoms with E-state index in [1.54, 1.807) is 36.5 Å². The summed E-state index contributed by atoms with van der Waals surface area (Å²) in [6, 6.07) is 10.2. The lowest BCUT2D eigenvalue weighted by atomic mass is 10.2. The Morgan fingerprint density at radius 3 is 2.71 bits per heavy atom. The summed E-state index contributed by atoms with van der Waals surface area (Å²) < 4.78 is 24.5. The van der Waals surface area contributed by atoms with E-state index in [-0.39, 0.29) is 5.75 Å². The molecular formula is C14H15ClN2O2S2. The number of nitrogens with zero attached hydrogens (tertiary/aromatic N) is 1. The fraction of sp³-hybridized carbons (Fsp3) is 0.214. The van der Waals surface area contributed by atoms with Crippen LogP contribution in [0, 0.1) is 0 Å². The van der Waals surface area contributed by atoms with Gasteiger partial charge in [0.05, 0.1) is 20.7 Å². The number of benzene rings is 1. The molecule has 0 radical (unpaired) electrons. The minimum atomic E-state index is -3.30. The number of hydrogen-bond donors (Lipinski definition) is 1. The van der Waals surface area contributed by atoms with Crippen molar-refractivity contribution in [3.63, 3.8) is 0 Å². The van der Waals surface area contributed by atoms with Crippen LogP contribution < -0.4 is 5.73 Å². The molecular weight excluding hydrogens is 328 g/mol. The van der Waals surface area contributed by atoms with E-state index in [4.69, 9.17) is 17.3 Å². The van der Waals surface area contributed by atoms with Gasteiger partial charge in [0.15, 0.2) is 9.84 Å². The molecule has 21 heavy (non-hydrogen) atoms. The van der Waals surface area contributed by atoms with Gasteiger partial charge in [-0.1, -0.05) is 23.7 Å². The van der Waals surface area contributed by atoms with Crippen LogP contribution in [0.15, 0.2) is 52.5 Å². The Morgan fingerprint density at radius 1 is 1.24 bits per heavy atom. The van der Waals surface area contributed by atoms with E-state index in [2.05, 4.69) is 4.98 Å². The highest BCUT2D eigenvalue weighted by Gasteiger charge is 2.14. The van der Waals surface area contributed by atoms with Crippen molar-refractivity contribution in [2.45, 2.75) is 16.5 Å². The summed E-state index contributed by atoms with van der Waals surface area (Å²) in [6.07, 6.45) is 1.54. The minimum Gasteiger partial charge on any atom is -0.326 e. The highest BCUT2D eigenvalue weighted by atomic mass is 35.5. The first-order valence-corrected chi connectivity index (χ1v) is 9.29. The Morgan fingerprint density at radius 2 is 2.05 bits per heavy atom. The average Bonchev–Trinajstić information content (AvgIpc) is 2.49. The molecule has 1 aromatic carbocycles. The number of thioether (sulfide) groups is 1. The molecule has 112 valence electrons. The van der Waals surface area contributed by atoms with Crippen LogP contribution in [-0.4, -0.2) is 24.9 Å². The fourth-order valence-electron chi connectivity index (χ4n) is 1.69. The Balaban J connectivity index is 1.99. The zero-order valence-electron chi connectivity index (χ0n) is 11.2. The second-order valence-corrected chi connectivity index (χ2v) is 7.99. The molecule has 0 amide bonds. The lowest BCUT2D eigenvalue weighted by Gasteiger charge is -2.06. The first kappa shape index (κ1) is 16.3. The third-order valence-electron chi connectivity index (χ3n) is 2.80. The van der Waals surface area contributed by atoms with Gasteiger partial charge in [-0.25, -0.2) is 13.4 Å². The normalized spacial score (nSPS) is 11.5. The van der Waals surface area contributed by atoms with Crippen LogP contribution in [0.1, 0.15) is 5.56 Å². The number of aromatic nitrogens is 1. The van der Waals surface area contributed by atoms with E-state index in [0.717, 1.165) is 10.6 Å². The number of sulfone groups is 1. The van der Waals surface area contributed by atoms with E-state index >= 15 is 0 Å². The molecule has 2 N–H and O–H groups in total. The maximum atomic E-state index is 12.2. The van der Waals surface area contributed by atoms with Crippen molar-refractivity contribution in [3.8, 4) is 0 Å². The van der Waals surface area contributed by atoms with Crippen molar-refractivity contribution >= 4 is 33.2 Å². The molecule has 7 heteroatoms. The number of nitrogens with two attached hydrogens (primary N) is 1. The number of hydrogen-bond acceptors (Lipinski definition) is 5. The highest BCUT2D eigenvalue weighted by molar-refractivity contribution is 8.00. The van der Waals surface area contributed by atoms with Crippen molar-refractivity contribution in [3.05, 3.63) is 53.2 Å². The SMILES string of the molecule is NCc1cccc(S(=O)(=O)CCSc2ccc(Cl)cn2)c1. The standard InChI is InChI=1S/C14H15ClN2O2S2/c15-12-4-5-14(17-10-12)20-6-7-21(18,19)13-3-1-2-11(8-13)9-16/h1-5,8,10H,6-7,9,16H2. The van der Waals surface area contributed by atoms with Crippen LogP contribution in [-0.2, 0) is 16.4 Å². The van der Waals surface area contributed by atoms with Crippen molar-refractivity contribution in [1.29, 1.82) is 0 Å². The van der Waals surface area contributed by atoms with Crippen molar-refractivity contribution < 1.29 is 8.42 Å². The van der Waals surface area contributed by atoms with Crippen LogP contribution in [0.3, 0.4) is 0 Å².